The van der Waals surface area contributed by atoms with Crippen LogP contribution >= 0.6 is 0 Å². The van der Waals surface area contributed by atoms with Crippen molar-refractivity contribution in [2.45, 2.75) is 38.9 Å². The van der Waals surface area contributed by atoms with Crippen molar-refractivity contribution in [2.75, 3.05) is 13.7 Å². The lowest BCUT2D eigenvalue weighted by atomic mass is 9.87. The zero-order valence-corrected chi connectivity index (χ0v) is 20.6. The van der Waals surface area contributed by atoms with Crippen LogP contribution in [0.1, 0.15) is 26.2 Å². The molecular formula is C27H23F5N4O2. The van der Waals surface area contributed by atoms with E-state index in [1.165, 1.54) is 30.1 Å². The summed E-state index contributed by atoms with van der Waals surface area (Å²) in [4.78, 5) is 8.55. The molecule has 0 aromatic heterocycles. The maximum atomic E-state index is 14.2. The zero-order chi connectivity index (χ0) is 27.0. The minimum atomic E-state index is -4.54. The van der Waals surface area contributed by atoms with Gasteiger partial charge in [-0.3, -0.25) is 4.68 Å². The number of ether oxygens (including phenoxy) is 2. The van der Waals surface area contributed by atoms with Gasteiger partial charge in [-0.05, 0) is 48.8 Å². The highest BCUT2D eigenvalue weighted by molar-refractivity contribution is 5.65. The molecule has 0 spiro atoms. The lowest BCUT2D eigenvalue weighted by Gasteiger charge is -2.23. The molecule has 0 amide bonds. The number of imidazole rings is 1. The van der Waals surface area contributed by atoms with Crippen LogP contribution in [0.25, 0.3) is 22.8 Å². The predicted molar refractivity (Wildman–Crippen MR) is 129 cm³/mol. The smallest absolute Gasteiger partial charge is 0.416 e. The number of benzene rings is 1. The van der Waals surface area contributed by atoms with Crippen LogP contribution in [0.5, 0.6) is 0 Å². The number of methoxy groups -OCH3 is 1. The topological polar surface area (TPSA) is 62.1 Å². The Labute approximate surface area is 215 Å². The van der Waals surface area contributed by atoms with E-state index in [1.54, 1.807) is 19.2 Å². The van der Waals surface area contributed by atoms with Gasteiger partial charge in [0, 0.05) is 12.8 Å². The van der Waals surface area contributed by atoms with Crippen molar-refractivity contribution in [3.8, 4) is 22.8 Å². The maximum Gasteiger partial charge on any atom is 0.416 e. The van der Waals surface area contributed by atoms with Crippen LogP contribution in [0.15, 0.2) is 76.6 Å². The van der Waals surface area contributed by atoms with Gasteiger partial charge in [0.25, 0.3) is 0 Å². The standard InChI is InChI=1S/C27H23F5N4O2/c1-15-8-9-38-17(10-20(15)18-7-6-16(37-2)11-21(18)27(30,31)32)13-36-14-24-23(12-33-36)34-26(35-24)19-4-3-5-22(28)25(19)29/h3-5,10-12,14H,6-9,13H2,1-2H3. The van der Waals surface area contributed by atoms with Crippen LogP contribution in [-0.2, 0) is 16.0 Å². The first-order valence-electron chi connectivity index (χ1n) is 11.9. The highest BCUT2D eigenvalue weighted by Crippen LogP contribution is 2.41. The number of fused-ring (bicyclic) bond motifs is 1. The number of nitrogens with zero attached hydrogens (tertiary/aromatic N) is 4. The van der Waals surface area contributed by atoms with Crippen molar-refractivity contribution in [3.63, 3.8) is 0 Å². The van der Waals surface area contributed by atoms with E-state index in [2.05, 4.69) is 15.1 Å². The summed E-state index contributed by atoms with van der Waals surface area (Å²) in [7, 11) is 1.36. The van der Waals surface area contributed by atoms with Crippen molar-refractivity contribution < 1.29 is 31.4 Å². The number of alkyl halides is 3. The number of hydrogen-bond acceptors (Lipinski definition) is 5. The van der Waals surface area contributed by atoms with Crippen molar-refractivity contribution in [1.82, 2.24) is 19.7 Å². The molecule has 0 saturated carbocycles. The molecule has 3 heterocycles. The van der Waals surface area contributed by atoms with Crippen molar-refractivity contribution >= 4 is 0 Å². The fraction of sp³-hybridized carbons (Fsp3) is 0.296. The monoisotopic (exact) mass is 530 g/mol. The molecule has 1 aliphatic carbocycles. The molecule has 5 rings (SSSR count). The first kappa shape index (κ1) is 25.6. The molecule has 3 aliphatic heterocycles. The summed E-state index contributed by atoms with van der Waals surface area (Å²) in [5.74, 6) is -1.31. The van der Waals surface area contributed by atoms with E-state index in [0.29, 0.717) is 42.2 Å². The Kier molecular flexibility index (Phi) is 6.77. The van der Waals surface area contributed by atoms with Gasteiger partial charge in [0.05, 0.1) is 49.6 Å². The minimum absolute atomic E-state index is 0.0229. The maximum absolute atomic E-state index is 14.2. The molecule has 6 nitrogen and oxygen atoms in total. The van der Waals surface area contributed by atoms with Gasteiger partial charge in [0.15, 0.2) is 17.5 Å². The first-order valence-corrected chi connectivity index (χ1v) is 11.9. The molecule has 0 atom stereocenters. The fourth-order valence-electron chi connectivity index (χ4n) is 4.53. The molecular weight excluding hydrogens is 507 g/mol. The minimum Gasteiger partial charge on any atom is -0.501 e. The van der Waals surface area contributed by atoms with Crippen molar-refractivity contribution in [3.05, 3.63) is 88.2 Å². The molecule has 198 valence electrons. The van der Waals surface area contributed by atoms with Crippen LogP contribution < -0.4 is 0 Å². The average molecular weight is 530 g/mol. The van der Waals surface area contributed by atoms with E-state index in [-0.39, 0.29) is 35.7 Å². The molecule has 0 radical (unpaired) electrons. The quantitative estimate of drug-likeness (QED) is 0.351. The van der Waals surface area contributed by atoms with Crippen LogP contribution in [0.3, 0.4) is 0 Å². The van der Waals surface area contributed by atoms with E-state index >= 15 is 0 Å². The van der Waals surface area contributed by atoms with Gasteiger partial charge in [-0.1, -0.05) is 11.6 Å². The van der Waals surface area contributed by atoms with Gasteiger partial charge in [-0.25, -0.2) is 18.7 Å². The number of rotatable bonds is 5. The lowest BCUT2D eigenvalue weighted by molar-refractivity contribution is -0.0896. The number of allylic oxidation sites excluding steroid dienone is 7. The Hall–Kier alpha value is -4.02. The third-order valence-electron chi connectivity index (χ3n) is 6.50. The van der Waals surface area contributed by atoms with E-state index in [4.69, 9.17) is 9.47 Å². The Morgan fingerprint density at radius 2 is 1.84 bits per heavy atom. The largest absolute Gasteiger partial charge is 0.501 e. The summed E-state index contributed by atoms with van der Waals surface area (Å²) in [5, 5.41) is 4.30. The first-order chi connectivity index (χ1) is 18.1. The Morgan fingerprint density at radius 3 is 2.61 bits per heavy atom. The number of halogens is 5. The summed E-state index contributed by atoms with van der Waals surface area (Å²) in [6, 6.07) is 3.76. The Balaban J connectivity index is 1.48. The number of aromatic nitrogens is 4. The second-order valence-electron chi connectivity index (χ2n) is 9.00. The Bertz CT molecular complexity index is 1480. The van der Waals surface area contributed by atoms with Crippen LogP contribution in [0.4, 0.5) is 22.0 Å². The third kappa shape index (κ3) is 5.05. The highest BCUT2D eigenvalue weighted by atomic mass is 19.4. The second-order valence-corrected chi connectivity index (χ2v) is 9.00. The summed E-state index contributed by atoms with van der Waals surface area (Å²) in [6.07, 6.45) is 2.19. The molecule has 0 saturated heterocycles. The SMILES string of the molecule is COC1=CC(C(F)(F)F)=C(C2=C(C)CCOC(Cn3cc4nc(-c5cccc(F)c5F)nc-4cn3)=C2)CC1. The summed E-state index contributed by atoms with van der Waals surface area (Å²) >= 11 is 0. The average Bonchev–Trinajstić information content (AvgIpc) is 3.22. The van der Waals surface area contributed by atoms with E-state index < -0.39 is 23.4 Å². The van der Waals surface area contributed by atoms with Gasteiger partial charge < -0.3 is 9.47 Å². The highest BCUT2D eigenvalue weighted by Gasteiger charge is 2.38. The van der Waals surface area contributed by atoms with Crippen molar-refractivity contribution in [1.29, 1.82) is 0 Å². The normalized spacial score (nSPS) is 16.8. The molecule has 0 bridgehead atoms. The fourth-order valence-corrected chi connectivity index (χ4v) is 4.53. The molecule has 0 fully saturated rings. The lowest BCUT2D eigenvalue weighted by Crippen LogP contribution is -2.17. The molecule has 38 heavy (non-hydrogen) atoms. The van der Waals surface area contributed by atoms with Crippen LogP contribution in [-0.4, -0.2) is 39.6 Å². The number of hydrogen-bond donors (Lipinski definition) is 0. The second kappa shape index (κ2) is 10.0. The van der Waals surface area contributed by atoms with E-state index in [1.807, 2.05) is 0 Å². The van der Waals surface area contributed by atoms with E-state index in [0.717, 1.165) is 17.7 Å². The zero-order valence-electron chi connectivity index (χ0n) is 20.6. The van der Waals surface area contributed by atoms with Crippen LogP contribution in [0.2, 0.25) is 0 Å². The van der Waals surface area contributed by atoms with Gasteiger partial charge >= 0.3 is 6.18 Å². The summed E-state index contributed by atoms with van der Waals surface area (Å²) in [6.45, 7) is 2.23. The van der Waals surface area contributed by atoms with Gasteiger partial charge in [-0.15, -0.1) is 0 Å². The third-order valence-corrected chi connectivity index (χ3v) is 6.50. The molecule has 4 aliphatic rings. The molecule has 1 aromatic carbocycles. The summed E-state index contributed by atoms with van der Waals surface area (Å²) < 4.78 is 82.2. The summed E-state index contributed by atoms with van der Waals surface area (Å²) in [5.41, 5.74) is 1.49. The van der Waals surface area contributed by atoms with E-state index in [9.17, 15) is 22.0 Å². The molecule has 0 N–H and O–H groups in total. The van der Waals surface area contributed by atoms with Crippen molar-refractivity contribution in [2.24, 2.45) is 0 Å². The van der Waals surface area contributed by atoms with Gasteiger partial charge in [-0.2, -0.15) is 18.3 Å². The van der Waals surface area contributed by atoms with Crippen LogP contribution in [0, 0.1) is 11.6 Å². The molecule has 11 heteroatoms. The predicted octanol–water partition coefficient (Wildman–Crippen LogP) is 6.53. The van der Waals surface area contributed by atoms with Gasteiger partial charge in [0.2, 0.25) is 0 Å². The Morgan fingerprint density at radius 1 is 1.05 bits per heavy atom. The molecule has 0 unspecified atom stereocenters. The molecule has 1 aromatic rings. The van der Waals surface area contributed by atoms with Gasteiger partial charge in [0.1, 0.15) is 17.1 Å².